The van der Waals surface area contributed by atoms with Gasteiger partial charge >= 0.3 is 11.9 Å². The van der Waals surface area contributed by atoms with Gasteiger partial charge in [0.2, 0.25) is 0 Å². The molecule has 67 heavy (non-hydrogen) atoms. The van der Waals surface area contributed by atoms with E-state index in [-0.39, 0.29) is 5.97 Å². The number of methoxy groups -OCH3 is 1. The Morgan fingerprint density at radius 3 is 1.66 bits per heavy atom. The minimum atomic E-state index is -0.544. The molecule has 0 aliphatic rings. The van der Waals surface area contributed by atoms with E-state index in [1.54, 1.807) is 37.5 Å². The van der Waals surface area contributed by atoms with Crippen molar-refractivity contribution in [3.05, 3.63) is 168 Å². The van der Waals surface area contributed by atoms with Gasteiger partial charge in [-0.15, -0.1) is 0 Å². The van der Waals surface area contributed by atoms with Crippen molar-refractivity contribution in [2.45, 2.75) is 74.1 Å². The lowest BCUT2D eigenvalue weighted by molar-refractivity contribution is -0.144. The second-order valence-corrected chi connectivity index (χ2v) is 16.3. The van der Waals surface area contributed by atoms with Gasteiger partial charge in [-0.05, 0) is 185 Å². The first-order valence-corrected chi connectivity index (χ1v) is 22.8. The van der Waals surface area contributed by atoms with Crippen LogP contribution in [-0.2, 0) is 16.0 Å². The number of rotatable bonds is 19. The van der Waals surface area contributed by atoms with E-state index in [0.717, 1.165) is 70.4 Å². The third kappa shape index (κ3) is 16.4. The minimum absolute atomic E-state index is 0.294. The summed E-state index contributed by atoms with van der Waals surface area (Å²) in [5.74, 6) is 0.738. The average molecular weight is 899 g/mol. The third-order valence-electron chi connectivity index (χ3n) is 10.9. The molecule has 11 heteroatoms. The van der Waals surface area contributed by atoms with Gasteiger partial charge in [0.25, 0.3) is 0 Å². The molecule has 0 N–H and O–H groups in total. The van der Waals surface area contributed by atoms with E-state index in [2.05, 4.69) is 75.4 Å². The van der Waals surface area contributed by atoms with Crippen LogP contribution in [0.5, 0.6) is 17.2 Å². The Kier molecular flexibility index (Phi) is 19.5. The number of carbonyl (C=O) groups is 2. The molecule has 0 radical (unpaired) electrons. The van der Waals surface area contributed by atoms with Gasteiger partial charge in [-0.25, -0.2) is 4.79 Å². The highest BCUT2D eigenvalue weighted by Crippen LogP contribution is 2.28. The van der Waals surface area contributed by atoms with Gasteiger partial charge < -0.3 is 19.1 Å². The van der Waals surface area contributed by atoms with Crippen molar-refractivity contribution < 1.29 is 23.8 Å². The molecule has 0 bridgehead atoms. The highest BCUT2D eigenvalue weighted by Gasteiger charge is 2.27. The molecular weight excluding hydrogens is 837 g/mol. The molecule has 0 saturated heterocycles. The summed E-state index contributed by atoms with van der Waals surface area (Å²) < 4.78 is 15.7. The first-order valence-electron chi connectivity index (χ1n) is 22.8. The molecule has 6 aromatic rings. The third-order valence-corrected chi connectivity index (χ3v) is 10.9. The summed E-state index contributed by atoms with van der Waals surface area (Å²) in [6.45, 7) is 16.1. The molecule has 0 fully saturated rings. The Hall–Kier alpha value is -7.53. The van der Waals surface area contributed by atoms with Crippen molar-refractivity contribution in [1.29, 1.82) is 0 Å². The van der Waals surface area contributed by atoms with Gasteiger partial charge in [-0.3, -0.25) is 9.79 Å². The number of unbranched alkanes of at least 4 members (excludes halogenated alkanes) is 1. The first-order chi connectivity index (χ1) is 32.4. The quantitative estimate of drug-likeness (QED) is 0.0262. The lowest BCUT2D eigenvalue weighted by atomic mass is 9.91. The molecule has 6 rings (SSSR count). The second kappa shape index (κ2) is 25.8. The predicted octanol–water partition coefficient (Wildman–Crippen LogP) is 15.4. The van der Waals surface area contributed by atoms with Crippen molar-refractivity contribution in [3.8, 4) is 17.2 Å². The van der Waals surface area contributed by atoms with Gasteiger partial charge in [0.15, 0.2) is 0 Å². The molecule has 0 unspecified atom stereocenters. The van der Waals surface area contributed by atoms with E-state index in [1.807, 2.05) is 125 Å². The number of nitrogens with zero attached hydrogens (tertiary/aromatic N) is 6. The van der Waals surface area contributed by atoms with Gasteiger partial charge in [0, 0.05) is 31.1 Å². The number of esters is 2. The van der Waals surface area contributed by atoms with Crippen LogP contribution in [0, 0.1) is 12.3 Å². The van der Waals surface area contributed by atoms with E-state index in [4.69, 9.17) is 14.2 Å². The summed E-state index contributed by atoms with van der Waals surface area (Å²) in [5.41, 5.74) is 9.08. The zero-order valence-electron chi connectivity index (χ0n) is 40.0. The Labute approximate surface area is 396 Å². The number of carbonyl (C=O) groups excluding carboxylic acids is 2. The number of hydrogen-bond acceptors (Lipinski definition) is 11. The largest absolute Gasteiger partial charge is 0.497 e. The smallest absolute Gasteiger partial charge is 0.336 e. The Morgan fingerprint density at radius 2 is 1.12 bits per heavy atom. The van der Waals surface area contributed by atoms with Gasteiger partial charge in [-0.2, -0.15) is 20.5 Å². The van der Waals surface area contributed by atoms with Crippen molar-refractivity contribution in [3.63, 3.8) is 0 Å². The molecule has 0 atom stereocenters. The summed E-state index contributed by atoms with van der Waals surface area (Å²) in [6.07, 6.45) is 9.06. The first kappa shape index (κ1) is 50.5. The van der Waals surface area contributed by atoms with Crippen LogP contribution in [-0.4, -0.2) is 38.4 Å². The van der Waals surface area contributed by atoms with E-state index < -0.39 is 11.4 Å². The molecule has 0 aromatic heterocycles. The number of hydrogen-bond donors (Lipinski definition) is 0. The van der Waals surface area contributed by atoms with E-state index >= 15 is 0 Å². The molecule has 0 aliphatic heterocycles. The molecule has 0 amide bonds. The highest BCUT2D eigenvalue weighted by atomic mass is 16.5. The van der Waals surface area contributed by atoms with E-state index in [9.17, 15) is 9.59 Å². The summed E-state index contributed by atoms with van der Waals surface area (Å²) in [5, 5.41) is 17.6. The fraction of sp³-hybridized carbons (Fsp3) is 0.268. The Morgan fingerprint density at radius 1 is 0.612 bits per heavy atom. The van der Waals surface area contributed by atoms with Crippen molar-refractivity contribution >= 4 is 58.4 Å². The molecule has 0 saturated carbocycles. The maximum Gasteiger partial charge on any atom is 0.336 e. The van der Waals surface area contributed by atoms with Gasteiger partial charge in [0.05, 0.1) is 41.0 Å². The van der Waals surface area contributed by atoms with Crippen LogP contribution in [0.2, 0.25) is 0 Å². The Balaban J connectivity index is 0.000000271. The number of benzene rings is 6. The summed E-state index contributed by atoms with van der Waals surface area (Å²) in [4.78, 5) is 31.0. The summed E-state index contributed by atoms with van der Waals surface area (Å²) in [7, 11) is 1.60. The maximum atomic E-state index is 12.1. The molecule has 11 nitrogen and oxygen atoms in total. The van der Waals surface area contributed by atoms with Crippen LogP contribution in [0.25, 0.3) is 6.08 Å². The van der Waals surface area contributed by atoms with Crippen LogP contribution in [0.3, 0.4) is 0 Å². The fourth-order valence-electron chi connectivity index (χ4n) is 6.27. The summed E-state index contributed by atoms with van der Waals surface area (Å²) in [6, 6.07) is 43.9. The average Bonchev–Trinajstić information content (AvgIpc) is 3.35. The van der Waals surface area contributed by atoms with Crippen LogP contribution < -0.4 is 19.1 Å². The number of azo groups is 2. The topological polar surface area (TPSA) is 127 Å². The fourth-order valence-corrected chi connectivity index (χ4v) is 6.27. The SMILES string of the molecule is CCC(C)(C)C(=O)Oc1ccc(OC(=O)C=Cc2ccc(OC)cc2)cc1.CCCCc1ccc(N=Nc2ccc(N=Cc3ccc(N=Nc4ccc(N(CC)CC)cc4)cc3)c(C)c2)cc1. The maximum absolute atomic E-state index is 12.1. The van der Waals surface area contributed by atoms with Gasteiger partial charge in [-0.1, -0.05) is 56.7 Å². The van der Waals surface area contributed by atoms with Crippen molar-refractivity contribution in [1.82, 2.24) is 0 Å². The number of aliphatic imine (C=N–C) groups is 1. The van der Waals surface area contributed by atoms with Crippen LogP contribution in [0.15, 0.2) is 171 Å². The van der Waals surface area contributed by atoms with Crippen molar-refractivity contribution in [2.75, 3.05) is 25.1 Å². The van der Waals surface area contributed by atoms with Crippen molar-refractivity contribution in [2.24, 2.45) is 30.9 Å². The molecular formula is C56H62N6O5. The molecule has 0 heterocycles. The van der Waals surface area contributed by atoms with Crippen LogP contribution in [0.1, 0.15) is 83.1 Å². The number of anilines is 1. The minimum Gasteiger partial charge on any atom is -0.497 e. The normalized spacial score (nSPS) is 11.5. The standard InChI is InChI=1S/C34H38N6.C22H24O5/c1-5-8-9-27-10-14-29(15-11-27)38-39-32-20-23-34(26(4)24-32)35-25-28-12-16-30(17-13-28)36-37-31-18-21-33(22-19-31)40(6-2)7-3;1-5-22(2,3)21(24)27-19-13-11-18(12-14-19)26-20(23)15-8-16-6-9-17(25-4)10-7-16/h10-25H,5-9H2,1-4H3;6-15H,5H2,1-4H3. The molecule has 0 spiro atoms. The van der Waals surface area contributed by atoms with Gasteiger partial charge in [0.1, 0.15) is 17.2 Å². The lowest BCUT2D eigenvalue weighted by Gasteiger charge is -2.20. The molecule has 0 aliphatic carbocycles. The number of ether oxygens (including phenoxy) is 3. The zero-order chi connectivity index (χ0) is 48.0. The Bertz CT molecular complexity index is 2600. The lowest BCUT2D eigenvalue weighted by Crippen LogP contribution is -2.28. The molecule has 346 valence electrons. The number of aryl methyl sites for hydroxylation is 2. The van der Waals surface area contributed by atoms with Crippen LogP contribution in [0.4, 0.5) is 34.1 Å². The second-order valence-electron chi connectivity index (χ2n) is 16.3. The van der Waals surface area contributed by atoms with E-state index in [0.29, 0.717) is 17.9 Å². The highest BCUT2D eigenvalue weighted by molar-refractivity contribution is 5.88. The molecule has 6 aromatic carbocycles. The predicted molar refractivity (Wildman–Crippen MR) is 272 cm³/mol. The monoisotopic (exact) mass is 898 g/mol. The zero-order valence-corrected chi connectivity index (χ0v) is 40.0. The summed E-state index contributed by atoms with van der Waals surface area (Å²) >= 11 is 0. The van der Waals surface area contributed by atoms with Crippen LogP contribution >= 0.6 is 0 Å². The van der Waals surface area contributed by atoms with E-state index in [1.165, 1.54) is 30.2 Å².